The molecule has 1 unspecified atom stereocenters. The average molecular weight is 676 g/mol. The lowest BCUT2D eigenvalue weighted by molar-refractivity contribution is -0.951. The largest absolute Gasteiger partial charge is 0.864 e. The maximum atomic E-state index is 15.9. The number of rotatable bonds is 18. The number of benzene rings is 3. The first-order valence-corrected chi connectivity index (χ1v) is 15.3. The van der Waals surface area contributed by atoms with E-state index in [4.69, 9.17) is 14.0 Å². The third kappa shape index (κ3) is 8.97. The molecule has 256 valence electrons. The van der Waals surface area contributed by atoms with E-state index >= 15 is 4.39 Å². The molecule has 0 spiro atoms. The van der Waals surface area contributed by atoms with Gasteiger partial charge in [0, 0.05) is 30.3 Å². The van der Waals surface area contributed by atoms with Crippen LogP contribution in [0.25, 0.3) is 0 Å². The van der Waals surface area contributed by atoms with Gasteiger partial charge in [0.1, 0.15) is 23.3 Å². The maximum absolute atomic E-state index is 15.9. The Morgan fingerprint density at radius 1 is 0.596 bits per heavy atom. The zero-order chi connectivity index (χ0) is 34.9. The Labute approximate surface area is 268 Å². The number of halogens is 9. The van der Waals surface area contributed by atoms with Crippen LogP contribution in [0.3, 0.4) is 0 Å². The van der Waals surface area contributed by atoms with E-state index < -0.39 is 88.5 Å². The fourth-order valence-electron chi connectivity index (χ4n) is 5.35. The van der Waals surface area contributed by atoms with E-state index in [1.807, 2.05) is 20.8 Å². The Morgan fingerprint density at radius 3 is 1.34 bits per heavy atom. The lowest BCUT2D eigenvalue weighted by Crippen LogP contribution is -2.52. The van der Waals surface area contributed by atoms with Crippen LogP contribution in [0.15, 0.2) is 43.0 Å². The van der Waals surface area contributed by atoms with E-state index in [9.17, 15) is 35.1 Å². The molecule has 0 heterocycles. The average Bonchev–Trinajstić information content (AvgIpc) is 3.03. The highest BCUT2D eigenvalue weighted by molar-refractivity contribution is 6.39. The van der Waals surface area contributed by atoms with Crippen LogP contribution in [0.1, 0.15) is 70.9 Å². The fourth-order valence-corrected chi connectivity index (χ4v) is 5.35. The minimum atomic E-state index is -2.36. The summed E-state index contributed by atoms with van der Waals surface area (Å²) >= 11 is 0. The molecule has 0 amide bonds. The van der Waals surface area contributed by atoms with Gasteiger partial charge in [0.25, 0.3) is 0 Å². The number of quaternary nitrogens is 1. The van der Waals surface area contributed by atoms with Gasteiger partial charge in [-0.15, -0.1) is 0 Å². The van der Waals surface area contributed by atoms with Gasteiger partial charge in [-0.2, -0.15) is 0 Å². The molecule has 0 aliphatic carbocycles. The summed E-state index contributed by atoms with van der Waals surface area (Å²) in [5, 5.41) is 0. The number of nitrogens with zero attached hydrogens (tertiary/aromatic N) is 1. The van der Waals surface area contributed by atoms with Gasteiger partial charge in [-0.05, 0) is 25.3 Å². The Kier molecular flexibility index (Phi) is 13.5. The van der Waals surface area contributed by atoms with Crippen LogP contribution in [0.5, 0.6) is 17.2 Å². The minimum absolute atomic E-state index is 0.187. The molecular formula is C33H36BF9NO3+. The molecule has 0 aromatic heterocycles. The van der Waals surface area contributed by atoms with Crippen LogP contribution in [0, 0.1) is 52.4 Å². The van der Waals surface area contributed by atoms with Crippen molar-refractivity contribution in [2.75, 3.05) is 19.6 Å². The lowest BCUT2D eigenvalue weighted by Gasteiger charge is -2.45. The Bertz CT molecular complexity index is 1410. The Balaban J connectivity index is 2.23. The number of unbranched alkanes of at least 4 members (excludes halogenated alkanes) is 3. The molecule has 3 rings (SSSR count). The monoisotopic (exact) mass is 676 g/mol. The topological polar surface area (TPSA) is 27.7 Å². The third-order valence-electron chi connectivity index (χ3n) is 7.74. The number of hydrogen-bond acceptors (Lipinski definition) is 3. The summed E-state index contributed by atoms with van der Waals surface area (Å²) in [6.07, 6.45) is 5.77. The van der Waals surface area contributed by atoms with Crippen molar-refractivity contribution in [1.82, 2.24) is 0 Å². The van der Waals surface area contributed by atoms with Crippen molar-refractivity contribution in [2.45, 2.75) is 65.3 Å². The third-order valence-corrected chi connectivity index (χ3v) is 7.74. The summed E-state index contributed by atoms with van der Waals surface area (Å²) in [6, 6.07) is 0.982. The Morgan fingerprint density at radius 2 is 0.979 bits per heavy atom. The maximum Gasteiger partial charge on any atom is 0.864 e. The molecule has 0 aliphatic heterocycles. The normalized spacial score (nSPS) is 12.2. The van der Waals surface area contributed by atoms with Crippen LogP contribution in [0.2, 0.25) is 0 Å². The van der Waals surface area contributed by atoms with Crippen molar-refractivity contribution in [3.05, 3.63) is 101 Å². The van der Waals surface area contributed by atoms with Crippen molar-refractivity contribution in [3.8, 4) is 17.2 Å². The second-order valence-electron chi connectivity index (χ2n) is 11.1. The van der Waals surface area contributed by atoms with Crippen molar-refractivity contribution in [2.24, 2.45) is 0 Å². The SMILES string of the molecule is C=CC(c1c(OB(Oc2cc(F)c(F)c(F)c2)Oc2cc(F)c(F)c(F)c2)cc(F)c(F)c1F)[N+](CCCC)(CCCC)CCCC. The van der Waals surface area contributed by atoms with Crippen LogP contribution >= 0.6 is 0 Å². The van der Waals surface area contributed by atoms with E-state index in [-0.39, 0.29) is 4.48 Å². The van der Waals surface area contributed by atoms with Crippen LogP contribution in [0.4, 0.5) is 39.5 Å². The molecule has 0 saturated carbocycles. The van der Waals surface area contributed by atoms with Crippen LogP contribution in [-0.2, 0) is 0 Å². The second-order valence-corrected chi connectivity index (χ2v) is 11.1. The first-order valence-electron chi connectivity index (χ1n) is 15.3. The number of hydrogen-bond donors (Lipinski definition) is 0. The first-order chi connectivity index (χ1) is 22.3. The summed E-state index contributed by atoms with van der Waals surface area (Å²) in [4.78, 5) is 0. The predicted molar refractivity (Wildman–Crippen MR) is 159 cm³/mol. The molecule has 0 radical (unpaired) electrons. The standard InChI is InChI=1S/C33H36BF9NO3/c1-5-9-12-44(13-10-6-2,14-11-7-3)27(8-4)29-28(19-26(39)32(42)33(29)43)47-34(45-20-15-22(35)30(40)23(36)16-20)46-21-17-24(37)31(41)25(38)18-21/h8,15-19,27H,4-7,9-14H2,1-3H3/q+1. The molecule has 0 N–H and O–H groups in total. The molecule has 0 aliphatic rings. The van der Waals surface area contributed by atoms with E-state index in [1.165, 1.54) is 6.08 Å². The van der Waals surface area contributed by atoms with Gasteiger partial charge in [-0.3, -0.25) is 0 Å². The second kappa shape index (κ2) is 16.8. The van der Waals surface area contributed by atoms with Gasteiger partial charge in [0.2, 0.25) is 0 Å². The molecule has 14 heteroatoms. The summed E-state index contributed by atoms with van der Waals surface area (Å²) in [5.74, 6) is -17.9. The van der Waals surface area contributed by atoms with E-state index in [2.05, 4.69) is 6.58 Å². The van der Waals surface area contributed by atoms with Crippen molar-refractivity contribution in [1.29, 1.82) is 0 Å². The molecule has 4 nitrogen and oxygen atoms in total. The van der Waals surface area contributed by atoms with Gasteiger partial charge < -0.3 is 18.4 Å². The molecule has 0 fully saturated rings. The molecular weight excluding hydrogens is 640 g/mol. The van der Waals surface area contributed by atoms with Crippen LogP contribution < -0.4 is 14.0 Å². The smallest absolute Gasteiger partial charge is 0.489 e. The van der Waals surface area contributed by atoms with Gasteiger partial charge in [-0.25, -0.2) is 39.5 Å². The zero-order valence-electron chi connectivity index (χ0n) is 26.3. The van der Waals surface area contributed by atoms with Gasteiger partial charge in [0.05, 0.1) is 25.2 Å². The summed E-state index contributed by atoms with van der Waals surface area (Å²) < 4.78 is 146. The molecule has 3 aromatic rings. The van der Waals surface area contributed by atoms with Crippen LogP contribution in [-0.4, -0.2) is 31.4 Å². The van der Waals surface area contributed by atoms with Gasteiger partial charge >= 0.3 is 7.32 Å². The highest BCUT2D eigenvalue weighted by Crippen LogP contribution is 2.41. The van der Waals surface area contributed by atoms with Crippen molar-refractivity contribution >= 4 is 7.32 Å². The quantitative estimate of drug-likeness (QED) is 0.0442. The minimum Gasteiger partial charge on any atom is -0.489 e. The van der Waals surface area contributed by atoms with Gasteiger partial charge in [-0.1, -0.05) is 46.6 Å². The molecule has 3 aromatic carbocycles. The van der Waals surface area contributed by atoms with Crippen molar-refractivity contribution in [3.63, 3.8) is 0 Å². The fraction of sp³-hybridized carbons (Fsp3) is 0.394. The molecule has 1 atom stereocenters. The molecule has 0 bridgehead atoms. The molecule has 0 saturated heterocycles. The lowest BCUT2D eigenvalue weighted by atomic mass is 9.96. The van der Waals surface area contributed by atoms with Gasteiger partial charge in [0.15, 0.2) is 52.4 Å². The first kappa shape index (κ1) is 37.7. The highest BCUT2D eigenvalue weighted by Gasteiger charge is 2.42. The van der Waals surface area contributed by atoms with Crippen molar-refractivity contribution < 1.29 is 58.0 Å². The Hall–Kier alpha value is -3.81. The highest BCUT2D eigenvalue weighted by atomic mass is 19.2. The van der Waals surface area contributed by atoms with E-state index in [0.717, 1.165) is 19.3 Å². The zero-order valence-corrected chi connectivity index (χ0v) is 26.3. The summed E-state index contributed by atoms with van der Waals surface area (Å²) in [7, 11) is -2.36. The summed E-state index contributed by atoms with van der Waals surface area (Å²) in [6.45, 7) is 11.3. The summed E-state index contributed by atoms with van der Waals surface area (Å²) in [5.41, 5.74) is -0.493. The van der Waals surface area contributed by atoms with E-state index in [0.29, 0.717) is 69.2 Å². The predicted octanol–water partition coefficient (Wildman–Crippen LogP) is 9.90. The van der Waals surface area contributed by atoms with E-state index in [1.54, 1.807) is 0 Å². The molecule has 47 heavy (non-hydrogen) atoms.